The second kappa shape index (κ2) is 4.84. The van der Waals surface area contributed by atoms with Gasteiger partial charge in [0.25, 0.3) is 0 Å². The van der Waals surface area contributed by atoms with Gasteiger partial charge in [0.15, 0.2) is 5.65 Å². The van der Waals surface area contributed by atoms with Crippen LogP contribution in [0.5, 0.6) is 0 Å². The van der Waals surface area contributed by atoms with Crippen LogP contribution in [0.3, 0.4) is 0 Å². The molecule has 3 rings (SSSR count). The van der Waals surface area contributed by atoms with Crippen LogP contribution in [0, 0.1) is 0 Å². The quantitative estimate of drug-likeness (QED) is 0.834. The van der Waals surface area contributed by atoms with E-state index < -0.39 is 0 Å². The summed E-state index contributed by atoms with van der Waals surface area (Å²) in [7, 11) is 0. The summed E-state index contributed by atoms with van der Waals surface area (Å²) in [6, 6.07) is 1.93. The van der Waals surface area contributed by atoms with E-state index in [9.17, 15) is 4.79 Å². The lowest BCUT2D eigenvalue weighted by atomic mass is 9.93. The third-order valence-corrected chi connectivity index (χ3v) is 3.68. The van der Waals surface area contributed by atoms with Crippen molar-refractivity contribution in [3.05, 3.63) is 36.8 Å². The summed E-state index contributed by atoms with van der Waals surface area (Å²) in [6.07, 6.45) is 6.94. The summed E-state index contributed by atoms with van der Waals surface area (Å²) in [6.45, 7) is 5.06. The van der Waals surface area contributed by atoms with Gasteiger partial charge in [-0.15, -0.1) is 0 Å². The van der Waals surface area contributed by atoms with Gasteiger partial charge in [-0.2, -0.15) is 0 Å². The zero-order chi connectivity index (χ0) is 13.2. The molecule has 0 aromatic carbocycles. The fourth-order valence-corrected chi connectivity index (χ4v) is 2.57. The lowest BCUT2D eigenvalue weighted by molar-refractivity contribution is -0.127. The van der Waals surface area contributed by atoms with Crippen LogP contribution in [0.15, 0.2) is 31.1 Å². The average molecular weight is 256 g/mol. The Bertz CT molecular complexity index is 611. The number of piperidine rings is 1. The summed E-state index contributed by atoms with van der Waals surface area (Å²) in [5, 5.41) is 0. The minimum atomic E-state index is 0.0191. The van der Waals surface area contributed by atoms with Crippen molar-refractivity contribution >= 4 is 17.1 Å². The monoisotopic (exact) mass is 256 g/mol. The van der Waals surface area contributed by atoms with Gasteiger partial charge in [-0.05, 0) is 25.0 Å². The lowest BCUT2D eigenvalue weighted by Gasteiger charge is -2.30. The van der Waals surface area contributed by atoms with Gasteiger partial charge in [0.2, 0.25) is 5.91 Å². The van der Waals surface area contributed by atoms with Gasteiger partial charge < -0.3 is 9.88 Å². The molecule has 5 heteroatoms. The number of hydrogen-bond donors (Lipinski definition) is 1. The first kappa shape index (κ1) is 11.9. The first-order valence-corrected chi connectivity index (χ1v) is 6.49. The molecule has 19 heavy (non-hydrogen) atoms. The maximum Gasteiger partial charge on any atom is 0.245 e. The Morgan fingerprint density at radius 1 is 1.47 bits per heavy atom. The maximum atomic E-state index is 11.5. The summed E-state index contributed by atoms with van der Waals surface area (Å²) < 4.78 is 0. The molecule has 5 nitrogen and oxygen atoms in total. The Hall–Kier alpha value is -2.17. The SMILES string of the molecule is C=CC(=O)N1CCC(c2cnc3[nH]ccc3n2)CC1. The Kier molecular flexibility index (Phi) is 3.03. The van der Waals surface area contributed by atoms with Crippen LogP contribution in [-0.2, 0) is 4.79 Å². The van der Waals surface area contributed by atoms with Crippen molar-refractivity contribution in [1.29, 1.82) is 0 Å². The van der Waals surface area contributed by atoms with E-state index in [1.54, 1.807) is 0 Å². The van der Waals surface area contributed by atoms with E-state index in [-0.39, 0.29) is 5.91 Å². The van der Waals surface area contributed by atoms with E-state index >= 15 is 0 Å². The van der Waals surface area contributed by atoms with Crippen LogP contribution in [-0.4, -0.2) is 38.8 Å². The van der Waals surface area contributed by atoms with Crippen molar-refractivity contribution in [2.75, 3.05) is 13.1 Å². The number of nitrogens with one attached hydrogen (secondary N) is 1. The highest BCUT2D eigenvalue weighted by Gasteiger charge is 2.23. The standard InChI is InChI=1S/C14H16N4O/c1-2-13(19)18-7-4-10(5-8-18)12-9-16-14-11(17-12)3-6-15-14/h2-3,6,9-10H,1,4-5,7-8H2,(H,15,16). The summed E-state index contributed by atoms with van der Waals surface area (Å²) in [5.41, 5.74) is 2.75. The fourth-order valence-electron chi connectivity index (χ4n) is 2.57. The predicted octanol–water partition coefficient (Wildman–Crippen LogP) is 1.85. The summed E-state index contributed by atoms with van der Waals surface area (Å²) in [5.74, 6) is 0.409. The zero-order valence-corrected chi connectivity index (χ0v) is 10.7. The van der Waals surface area contributed by atoms with Crippen LogP contribution in [0.2, 0.25) is 0 Å². The van der Waals surface area contributed by atoms with E-state index in [2.05, 4.69) is 21.5 Å². The van der Waals surface area contributed by atoms with Gasteiger partial charge in [-0.3, -0.25) is 4.79 Å². The molecular weight excluding hydrogens is 240 g/mol. The van der Waals surface area contributed by atoms with Gasteiger partial charge in [0, 0.05) is 25.2 Å². The molecule has 1 amide bonds. The Labute approximate surface area is 111 Å². The largest absolute Gasteiger partial charge is 0.345 e. The number of H-pyrrole nitrogens is 1. The number of nitrogens with zero attached hydrogens (tertiary/aromatic N) is 3. The second-order valence-electron chi connectivity index (χ2n) is 4.81. The minimum Gasteiger partial charge on any atom is -0.345 e. The topological polar surface area (TPSA) is 61.9 Å². The van der Waals surface area contributed by atoms with Crippen LogP contribution in [0.1, 0.15) is 24.5 Å². The molecular formula is C14H16N4O. The fraction of sp³-hybridized carbons (Fsp3) is 0.357. The van der Waals surface area contributed by atoms with Crippen molar-refractivity contribution in [3.63, 3.8) is 0 Å². The number of aromatic nitrogens is 3. The Morgan fingerprint density at radius 3 is 3.00 bits per heavy atom. The van der Waals surface area contributed by atoms with Crippen molar-refractivity contribution in [2.24, 2.45) is 0 Å². The number of aromatic amines is 1. The molecule has 1 saturated heterocycles. The second-order valence-corrected chi connectivity index (χ2v) is 4.81. The molecule has 0 spiro atoms. The Balaban J connectivity index is 1.74. The number of carbonyl (C=O) groups excluding carboxylic acids is 1. The highest BCUT2D eigenvalue weighted by molar-refractivity contribution is 5.87. The number of hydrogen-bond acceptors (Lipinski definition) is 3. The van der Waals surface area contributed by atoms with Crippen LogP contribution in [0.4, 0.5) is 0 Å². The molecule has 1 fully saturated rings. The third kappa shape index (κ3) is 2.23. The molecule has 1 aliphatic rings. The van der Waals surface area contributed by atoms with E-state index in [4.69, 9.17) is 0 Å². The van der Waals surface area contributed by atoms with E-state index in [1.807, 2.05) is 23.4 Å². The van der Waals surface area contributed by atoms with Gasteiger partial charge in [-0.25, -0.2) is 9.97 Å². The molecule has 0 bridgehead atoms. The molecule has 2 aromatic rings. The van der Waals surface area contributed by atoms with Crippen LogP contribution >= 0.6 is 0 Å². The molecule has 1 aliphatic heterocycles. The van der Waals surface area contributed by atoms with Gasteiger partial charge >= 0.3 is 0 Å². The maximum absolute atomic E-state index is 11.5. The molecule has 98 valence electrons. The lowest BCUT2D eigenvalue weighted by Crippen LogP contribution is -2.36. The first-order chi connectivity index (χ1) is 9.28. The number of amides is 1. The number of rotatable bonds is 2. The first-order valence-electron chi connectivity index (χ1n) is 6.49. The Morgan fingerprint density at radius 2 is 2.26 bits per heavy atom. The molecule has 0 saturated carbocycles. The van der Waals surface area contributed by atoms with Crippen molar-refractivity contribution in [3.8, 4) is 0 Å². The zero-order valence-electron chi connectivity index (χ0n) is 10.7. The van der Waals surface area contributed by atoms with Crippen LogP contribution in [0.25, 0.3) is 11.2 Å². The smallest absolute Gasteiger partial charge is 0.245 e. The van der Waals surface area contributed by atoms with Crippen molar-refractivity contribution in [1.82, 2.24) is 19.9 Å². The minimum absolute atomic E-state index is 0.0191. The molecule has 0 aliphatic carbocycles. The molecule has 1 N–H and O–H groups in total. The van der Waals surface area contributed by atoms with Gasteiger partial charge in [-0.1, -0.05) is 6.58 Å². The summed E-state index contributed by atoms with van der Waals surface area (Å²) in [4.78, 5) is 25.4. The number of fused-ring (bicyclic) bond motifs is 1. The van der Waals surface area contributed by atoms with E-state index in [1.165, 1.54) is 6.08 Å². The highest BCUT2D eigenvalue weighted by Crippen LogP contribution is 2.27. The van der Waals surface area contributed by atoms with Crippen LogP contribution < -0.4 is 0 Å². The van der Waals surface area contributed by atoms with Crippen molar-refractivity contribution < 1.29 is 4.79 Å². The van der Waals surface area contributed by atoms with Gasteiger partial charge in [0.1, 0.15) is 5.52 Å². The average Bonchev–Trinajstić information content (AvgIpc) is 2.94. The van der Waals surface area contributed by atoms with Gasteiger partial charge in [0.05, 0.1) is 11.9 Å². The molecule has 0 atom stereocenters. The number of likely N-dealkylation sites (tertiary alicyclic amines) is 1. The van der Waals surface area contributed by atoms with Crippen molar-refractivity contribution in [2.45, 2.75) is 18.8 Å². The molecule has 0 unspecified atom stereocenters. The molecule has 0 radical (unpaired) electrons. The normalized spacial score (nSPS) is 16.7. The molecule has 2 aromatic heterocycles. The molecule has 3 heterocycles. The van der Waals surface area contributed by atoms with E-state index in [0.717, 1.165) is 42.8 Å². The van der Waals surface area contributed by atoms with E-state index in [0.29, 0.717) is 5.92 Å². The summed E-state index contributed by atoms with van der Waals surface area (Å²) >= 11 is 0. The number of carbonyl (C=O) groups is 1. The third-order valence-electron chi connectivity index (χ3n) is 3.68. The highest BCUT2D eigenvalue weighted by atomic mass is 16.2. The predicted molar refractivity (Wildman–Crippen MR) is 72.6 cm³/mol.